The molecule has 0 unspecified atom stereocenters. The van der Waals surface area contributed by atoms with Crippen molar-refractivity contribution in [1.29, 1.82) is 0 Å². The Morgan fingerprint density at radius 3 is 2.82 bits per heavy atom. The number of fused-ring (bicyclic) bond motifs is 1. The van der Waals surface area contributed by atoms with Crippen molar-refractivity contribution in [2.24, 2.45) is 0 Å². The highest BCUT2D eigenvalue weighted by atomic mass is 16.5. The fourth-order valence-electron chi connectivity index (χ4n) is 4.54. The minimum Gasteiger partial charge on any atom is -0.458 e. The summed E-state index contributed by atoms with van der Waals surface area (Å²) in [7, 11) is 1.60. The summed E-state index contributed by atoms with van der Waals surface area (Å²) < 4.78 is 11.0. The summed E-state index contributed by atoms with van der Waals surface area (Å²) in [6, 6.07) is 5.85. The van der Waals surface area contributed by atoms with Gasteiger partial charge in [0.05, 0.1) is 18.4 Å². The largest absolute Gasteiger partial charge is 0.458 e. The van der Waals surface area contributed by atoms with E-state index in [0.29, 0.717) is 31.4 Å². The van der Waals surface area contributed by atoms with E-state index in [4.69, 9.17) is 9.47 Å². The van der Waals surface area contributed by atoms with Crippen LogP contribution in [-0.2, 0) is 4.74 Å². The zero-order chi connectivity index (χ0) is 23.7. The number of hydrogen-bond donors (Lipinski definition) is 2. The van der Waals surface area contributed by atoms with Gasteiger partial charge in [-0.05, 0) is 31.9 Å². The number of H-pyrrole nitrogens is 1. The zero-order valence-corrected chi connectivity index (χ0v) is 19.3. The number of aliphatic hydroxyl groups is 1. The Bertz CT molecular complexity index is 1160. The number of carbonyl (C=O) groups is 1. The van der Waals surface area contributed by atoms with Gasteiger partial charge >= 0.3 is 6.01 Å². The van der Waals surface area contributed by atoms with E-state index in [-0.39, 0.29) is 23.7 Å². The van der Waals surface area contributed by atoms with E-state index >= 15 is 0 Å². The zero-order valence-electron chi connectivity index (χ0n) is 19.3. The first-order valence-electron chi connectivity index (χ1n) is 11.6. The van der Waals surface area contributed by atoms with E-state index in [1.807, 2.05) is 19.1 Å². The summed E-state index contributed by atoms with van der Waals surface area (Å²) in [6.45, 7) is 4.39. The number of β-amino-alcohol motifs (C(OH)–C–C–N with tert-alkyl or cyclic N) is 1. The Morgan fingerprint density at radius 2 is 2.09 bits per heavy atom. The highest BCUT2D eigenvalue weighted by Crippen LogP contribution is 2.33. The van der Waals surface area contributed by atoms with Crippen LogP contribution in [0.3, 0.4) is 0 Å². The standard InChI is InChI=1S/C23H29N7O4/c1-14(13-33-2)34-23-25-18(22(32)30-11-16(31)12-30)10-19(26-23)29-8-5-15(6-9-29)20-17-4-3-7-24-21(17)28-27-20/h3-4,7,10,14-16,31H,5-6,8-9,11-13H2,1-2H3,(H,24,27,28)/t14-/m1/s1. The highest BCUT2D eigenvalue weighted by molar-refractivity contribution is 5.93. The number of rotatable bonds is 7. The first-order valence-corrected chi connectivity index (χ1v) is 11.6. The number of nitrogens with one attached hydrogen (secondary N) is 1. The van der Waals surface area contributed by atoms with Gasteiger partial charge in [0, 0.05) is 56.9 Å². The number of aliphatic hydroxyl groups excluding tert-OH is 1. The quantitative estimate of drug-likeness (QED) is 0.529. The van der Waals surface area contributed by atoms with Gasteiger partial charge in [0.25, 0.3) is 5.91 Å². The predicted molar refractivity (Wildman–Crippen MR) is 124 cm³/mol. The molecule has 11 heteroatoms. The van der Waals surface area contributed by atoms with Crippen molar-refractivity contribution in [2.45, 2.75) is 37.9 Å². The molecule has 11 nitrogen and oxygen atoms in total. The van der Waals surface area contributed by atoms with E-state index < -0.39 is 6.10 Å². The first kappa shape index (κ1) is 22.5. The molecule has 5 rings (SSSR count). The second-order valence-corrected chi connectivity index (χ2v) is 8.91. The number of ether oxygens (including phenoxy) is 2. The molecule has 0 saturated carbocycles. The van der Waals surface area contributed by atoms with Crippen LogP contribution in [0.25, 0.3) is 11.0 Å². The van der Waals surface area contributed by atoms with Crippen LogP contribution >= 0.6 is 0 Å². The fraction of sp³-hybridized carbons (Fsp3) is 0.522. The van der Waals surface area contributed by atoms with Crippen LogP contribution in [0.1, 0.15) is 41.9 Å². The Hall–Kier alpha value is -3.31. The van der Waals surface area contributed by atoms with Gasteiger partial charge in [-0.15, -0.1) is 0 Å². The molecule has 0 aliphatic carbocycles. The number of pyridine rings is 1. The van der Waals surface area contributed by atoms with Crippen molar-refractivity contribution < 1.29 is 19.4 Å². The van der Waals surface area contributed by atoms with E-state index in [2.05, 4.69) is 30.0 Å². The summed E-state index contributed by atoms with van der Waals surface area (Å²) in [5.41, 5.74) is 2.13. The average molecular weight is 468 g/mol. The normalized spacial score (nSPS) is 18.2. The minimum atomic E-state index is -0.477. The molecule has 180 valence electrons. The van der Waals surface area contributed by atoms with Crippen molar-refractivity contribution in [3.05, 3.63) is 35.8 Å². The molecule has 2 saturated heterocycles. The number of aromatic amines is 1. The van der Waals surface area contributed by atoms with Crippen LogP contribution in [0.5, 0.6) is 6.01 Å². The van der Waals surface area contributed by atoms with Gasteiger partial charge in [0.1, 0.15) is 17.6 Å². The topological polar surface area (TPSA) is 130 Å². The SMILES string of the molecule is COC[C@@H](C)Oc1nc(C(=O)N2CC(O)C2)cc(N2CCC(c3n[nH]c4ncccc34)CC2)n1. The van der Waals surface area contributed by atoms with Gasteiger partial charge in [0.15, 0.2) is 5.65 Å². The molecule has 1 amide bonds. The molecular weight excluding hydrogens is 438 g/mol. The van der Waals surface area contributed by atoms with Crippen LogP contribution in [0.4, 0.5) is 5.82 Å². The lowest BCUT2D eigenvalue weighted by Gasteiger charge is -2.36. The average Bonchev–Trinajstić information content (AvgIpc) is 3.26. The van der Waals surface area contributed by atoms with E-state index in [1.165, 1.54) is 0 Å². The summed E-state index contributed by atoms with van der Waals surface area (Å²) >= 11 is 0. The summed E-state index contributed by atoms with van der Waals surface area (Å²) in [6.07, 6.45) is 2.82. The molecule has 0 aromatic carbocycles. The molecule has 0 radical (unpaired) electrons. The van der Waals surface area contributed by atoms with Crippen LogP contribution in [0.15, 0.2) is 24.4 Å². The van der Waals surface area contributed by atoms with E-state index in [9.17, 15) is 9.90 Å². The lowest BCUT2D eigenvalue weighted by Crippen LogP contribution is -2.53. The van der Waals surface area contributed by atoms with Crippen LogP contribution in [-0.4, -0.2) is 93.2 Å². The molecule has 3 aromatic rings. The molecule has 3 aromatic heterocycles. The molecule has 2 aliphatic rings. The molecule has 0 bridgehead atoms. The van der Waals surface area contributed by atoms with Gasteiger partial charge in [-0.3, -0.25) is 9.89 Å². The van der Waals surface area contributed by atoms with Crippen molar-refractivity contribution in [3.63, 3.8) is 0 Å². The Morgan fingerprint density at radius 1 is 1.29 bits per heavy atom. The summed E-state index contributed by atoms with van der Waals surface area (Å²) in [5.74, 6) is 0.742. The molecule has 2 aliphatic heterocycles. The van der Waals surface area contributed by atoms with Gasteiger partial charge in [0.2, 0.25) is 0 Å². The van der Waals surface area contributed by atoms with Crippen molar-refractivity contribution >= 4 is 22.8 Å². The fourth-order valence-corrected chi connectivity index (χ4v) is 4.54. The molecule has 5 heterocycles. The third-order valence-corrected chi connectivity index (χ3v) is 6.34. The summed E-state index contributed by atoms with van der Waals surface area (Å²) in [4.78, 5) is 29.9. The molecular formula is C23H29N7O4. The summed E-state index contributed by atoms with van der Waals surface area (Å²) in [5, 5.41) is 18.2. The van der Waals surface area contributed by atoms with Gasteiger partial charge in [-0.2, -0.15) is 15.1 Å². The lowest BCUT2D eigenvalue weighted by atomic mass is 9.92. The number of methoxy groups -OCH3 is 1. The second kappa shape index (κ2) is 9.51. The maximum absolute atomic E-state index is 12.9. The van der Waals surface area contributed by atoms with Crippen molar-refractivity contribution in [3.8, 4) is 6.01 Å². The first-order chi connectivity index (χ1) is 16.5. The number of amides is 1. The minimum absolute atomic E-state index is 0.151. The van der Waals surface area contributed by atoms with Crippen LogP contribution in [0, 0.1) is 0 Å². The lowest BCUT2D eigenvalue weighted by molar-refractivity contribution is 0.00537. The molecule has 0 spiro atoms. The van der Waals surface area contributed by atoms with Crippen LogP contribution < -0.4 is 9.64 Å². The maximum Gasteiger partial charge on any atom is 0.319 e. The van der Waals surface area contributed by atoms with Crippen molar-refractivity contribution in [2.75, 3.05) is 44.8 Å². The van der Waals surface area contributed by atoms with Gasteiger partial charge < -0.3 is 24.4 Å². The monoisotopic (exact) mass is 467 g/mol. The third-order valence-electron chi connectivity index (χ3n) is 6.34. The van der Waals surface area contributed by atoms with Gasteiger partial charge in [-0.1, -0.05) is 0 Å². The Balaban J connectivity index is 1.34. The second-order valence-electron chi connectivity index (χ2n) is 8.91. The Labute approximate surface area is 197 Å². The smallest absolute Gasteiger partial charge is 0.319 e. The van der Waals surface area contributed by atoms with E-state index in [0.717, 1.165) is 42.7 Å². The molecule has 2 N–H and O–H groups in total. The van der Waals surface area contributed by atoms with Crippen molar-refractivity contribution in [1.82, 2.24) is 30.0 Å². The number of carbonyl (C=O) groups excluding carboxylic acids is 1. The third kappa shape index (κ3) is 4.53. The number of nitrogens with zero attached hydrogens (tertiary/aromatic N) is 6. The molecule has 34 heavy (non-hydrogen) atoms. The maximum atomic E-state index is 12.9. The highest BCUT2D eigenvalue weighted by Gasteiger charge is 2.32. The Kier molecular flexibility index (Phi) is 6.29. The number of piperidine rings is 1. The number of hydrogen-bond acceptors (Lipinski definition) is 9. The molecule has 2 fully saturated rings. The van der Waals surface area contributed by atoms with Crippen LogP contribution in [0.2, 0.25) is 0 Å². The van der Waals surface area contributed by atoms with E-state index in [1.54, 1.807) is 24.3 Å². The van der Waals surface area contributed by atoms with Gasteiger partial charge in [-0.25, -0.2) is 4.98 Å². The number of anilines is 1. The molecule has 1 atom stereocenters. The predicted octanol–water partition coefficient (Wildman–Crippen LogP) is 1.36. The number of aromatic nitrogens is 5. The number of likely N-dealkylation sites (tertiary alicyclic amines) is 1.